The van der Waals surface area contributed by atoms with E-state index in [0.29, 0.717) is 50.4 Å². The molecule has 0 saturated carbocycles. The van der Waals surface area contributed by atoms with E-state index in [-0.39, 0.29) is 30.4 Å². The lowest BCUT2D eigenvalue weighted by Crippen LogP contribution is -2.43. The van der Waals surface area contributed by atoms with Gasteiger partial charge in [-0.2, -0.15) is 0 Å². The number of methoxy groups -OCH3 is 1. The van der Waals surface area contributed by atoms with Crippen molar-refractivity contribution in [3.63, 3.8) is 0 Å². The van der Waals surface area contributed by atoms with Crippen molar-refractivity contribution >= 4 is 11.8 Å². The Hall–Kier alpha value is -3.72. The molecule has 2 amide bonds. The largest absolute Gasteiger partial charge is 0.497 e. The predicted octanol–water partition coefficient (Wildman–Crippen LogP) is 3.04. The summed E-state index contributed by atoms with van der Waals surface area (Å²) >= 11 is 0. The maximum absolute atomic E-state index is 13.2. The molecule has 0 aliphatic carbocycles. The maximum Gasteiger partial charge on any atom is 0.276 e. The fraction of sp³-hybridized carbons (Fsp3) is 0.407. The Labute approximate surface area is 210 Å². The van der Waals surface area contributed by atoms with Crippen LogP contribution in [0.5, 0.6) is 5.75 Å². The summed E-state index contributed by atoms with van der Waals surface area (Å²) in [6.07, 6.45) is 1.10. The molecule has 1 fully saturated rings. The zero-order chi connectivity index (χ0) is 25.1. The van der Waals surface area contributed by atoms with E-state index >= 15 is 0 Å². The second-order valence-electron chi connectivity index (χ2n) is 9.41. The number of aryl methyl sites for hydroxylation is 1. The van der Waals surface area contributed by atoms with Gasteiger partial charge in [0.1, 0.15) is 11.9 Å². The molecule has 0 radical (unpaired) electrons. The molecule has 0 unspecified atom stereocenters. The maximum atomic E-state index is 13.2. The molecule has 1 atom stereocenters. The average Bonchev–Trinajstić information content (AvgIpc) is 3.35. The quantitative estimate of drug-likeness (QED) is 0.572. The van der Waals surface area contributed by atoms with E-state index in [0.717, 1.165) is 16.9 Å². The molecule has 2 aromatic carbocycles. The van der Waals surface area contributed by atoms with Crippen molar-refractivity contribution in [1.82, 2.24) is 25.2 Å². The highest BCUT2D eigenvalue weighted by molar-refractivity contribution is 5.93. The number of fused-ring (bicyclic) bond motifs is 1. The van der Waals surface area contributed by atoms with Crippen LogP contribution in [0.4, 0.5) is 0 Å². The first-order chi connectivity index (χ1) is 17.5. The Kier molecular flexibility index (Phi) is 6.99. The summed E-state index contributed by atoms with van der Waals surface area (Å²) in [5.41, 5.74) is 4.33. The Morgan fingerprint density at radius 3 is 2.50 bits per heavy atom. The molecule has 9 nitrogen and oxygen atoms in total. The standard InChI is InChI=1S/C27H31N5O4/c1-18-3-5-19(6-4-18)15-28-26(33)21-11-13-31(14-12-21)27(34)25-23-17-36-24(16-32(23)30-29-25)20-7-9-22(35-2)10-8-20/h3-10,21,24H,11-17H2,1-2H3,(H,28,33)/t24-/m1/s1. The van der Waals surface area contributed by atoms with E-state index in [2.05, 4.69) is 15.6 Å². The number of nitrogens with one attached hydrogen (secondary N) is 1. The molecule has 188 valence electrons. The highest BCUT2D eigenvalue weighted by Crippen LogP contribution is 2.29. The van der Waals surface area contributed by atoms with Gasteiger partial charge in [-0.15, -0.1) is 5.10 Å². The second kappa shape index (κ2) is 10.5. The van der Waals surface area contributed by atoms with Crippen molar-refractivity contribution in [3.05, 3.63) is 76.6 Å². The minimum atomic E-state index is -0.165. The van der Waals surface area contributed by atoms with Gasteiger partial charge in [0.2, 0.25) is 5.91 Å². The molecule has 1 saturated heterocycles. The molecule has 3 heterocycles. The van der Waals surface area contributed by atoms with Crippen LogP contribution < -0.4 is 10.1 Å². The minimum absolute atomic E-state index is 0.0432. The monoisotopic (exact) mass is 489 g/mol. The summed E-state index contributed by atoms with van der Waals surface area (Å²) < 4.78 is 13.0. The topological polar surface area (TPSA) is 98.6 Å². The second-order valence-corrected chi connectivity index (χ2v) is 9.41. The highest BCUT2D eigenvalue weighted by atomic mass is 16.5. The smallest absolute Gasteiger partial charge is 0.276 e. The van der Waals surface area contributed by atoms with Crippen LogP contribution in [-0.2, 0) is 29.2 Å². The van der Waals surface area contributed by atoms with Gasteiger partial charge in [-0.05, 0) is 43.0 Å². The lowest BCUT2D eigenvalue weighted by molar-refractivity contribution is -0.126. The number of aromatic nitrogens is 3. The summed E-state index contributed by atoms with van der Waals surface area (Å²) in [6.45, 7) is 4.35. The summed E-state index contributed by atoms with van der Waals surface area (Å²) in [5.74, 6) is 0.585. The van der Waals surface area contributed by atoms with Crippen LogP contribution in [0.2, 0.25) is 0 Å². The van der Waals surface area contributed by atoms with Crippen LogP contribution in [-0.4, -0.2) is 51.9 Å². The van der Waals surface area contributed by atoms with Crippen molar-refractivity contribution in [1.29, 1.82) is 0 Å². The number of nitrogens with zero attached hydrogens (tertiary/aromatic N) is 4. The molecule has 3 aromatic rings. The van der Waals surface area contributed by atoms with E-state index in [1.165, 1.54) is 5.56 Å². The van der Waals surface area contributed by atoms with Gasteiger partial charge in [-0.25, -0.2) is 4.68 Å². The summed E-state index contributed by atoms with van der Waals surface area (Å²) in [6, 6.07) is 15.9. The highest BCUT2D eigenvalue weighted by Gasteiger charge is 2.33. The molecule has 2 aliphatic rings. The molecule has 1 aromatic heterocycles. The van der Waals surface area contributed by atoms with Crippen molar-refractivity contribution in [3.8, 4) is 5.75 Å². The molecular formula is C27H31N5O4. The first-order valence-electron chi connectivity index (χ1n) is 12.3. The van der Waals surface area contributed by atoms with Gasteiger partial charge in [0.15, 0.2) is 5.69 Å². The van der Waals surface area contributed by atoms with Crippen LogP contribution >= 0.6 is 0 Å². The lowest BCUT2D eigenvalue weighted by Gasteiger charge is -2.31. The molecule has 9 heteroatoms. The molecule has 2 aliphatic heterocycles. The first kappa shape index (κ1) is 24.0. The molecule has 1 N–H and O–H groups in total. The van der Waals surface area contributed by atoms with Crippen LogP contribution in [0.1, 0.15) is 51.8 Å². The van der Waals surface area contributed by atoms with Gasteiger partial charge in [0.25, 0.3) is 5.91 Å². The SMILES string of the molecule is COc1ccc([C@H]2Cn3nnc(C(=O)N4CCC(C(=O)NCc5ccc(C)cc5)CC4)c3CO2)cc1. The third-order valence-corrected chi connectivity index (χ3v) is 7.03. The molecule has 0 bridgehead atoms. The van der Waals surface area contributed by atoms with Gasteiger partial charge in [-0.1, -0.05) is 47.2 Å². The number of hydrogen-bond donors (Lipinski definition) is 1. The van der Waals surface area contributed by atoms with Crippen molar-refractivity contribution in [2.45, 2.75) is 45.6 Å². The van der Waals surface area contributed by atoms with Crippen LogP contribution in [0.25, 0.3) is 0 Å². The number of amides is 2. The fourth-order valence-corrected chi connectivity index (χ4v) is 4.73. The third-order valence-electron chi connectivity index (χ3n) is 7.03. The first-order valence-corrected chi connectivity index (χ1v) is 12.3. The number of rotatable bonds is 6. The van der Waals surface area contributed by atoms with E-state index in [1.807, 2.05) is 55.5 Å². The number of carbonyl (C=O) groups is 2. The molecule has 36 heavy (non-hydrogen) atoms. The fourth-order valence-electron chi connectivity index (χ4n) is 4.73. The predicted molar refractivity (Wildman–Crippen MR) is 132 cm³/mol. The van der Waals surface area contributed by atoms with E-state index in [1.54, 1.807) is 16.7 Å². The number of carbonyl (C=O) groups excluding carboxylic acids is 2. The average molecular weight is 490 g/mol. The van der Waals surface area contributed by atoms with E-state index in [4.69, 9.17) is 9.47 Å². The van der Waals surface area contributed by atoms with Crippen molar-refractivity contribution in [2.75, 3.05) is 20.2 Å². The summed E-state index contributed by atoms with van der Waals surface area (Å²) in [4.78, 5) is 27.6. The Bertz CT molecular complexity index is 1210. The van der Waals surface area contributed by atoms with Gasteiger partial charge in [0, 0.05) is 25.6 Å². The van der Waals surface area contributed by atoms with E-state index < -0.39 is 0 Å². The van der Waals surface area contributed by atoms with Gasteiger partial charge in [-0.3, -0.25) is 9.59 Å². The zero-order valence-electron chi connectivity index (χ0n) is 20.6. The summed E-state index contributed by atoms with van der Waals surface area (Å²) in [7, 11) is 1.64. The molecule has 5 rings (SSSR count). The normalized spacial score (nSPS) is 17.9. The minimum Gasteiger partial charge on any atom is -0.497 e. The lowest BCUT2D eigenvalue weighted by atomic mass is 9.95. The van der Waals surface area contributed by atoms with Crippen LogP contribution in [0.15, 0.2) is 48.5 Å². The van der Waals surface area contributed by atoms with Crippen LogP contribution in [0, 0.1) is 12.8 Å². The van der Waals surface area contributed by atoms with Gasteiger partial charge < -0.3 is 19.7 Å². The zero-order valence-corrected chi connectivity index (χ0v) is 20.6. The number of likely N-dealkylation sites (tertiary alicyclic amines) is 1. The number of piperidine rings is 1. The van der Waals surface area contributed by atoms with Crippen molar-refractivity contribution < 1.29 is 19.1 Å². The Morgan fingerprint density at radius 2 is 1.81 bits per heavy atom. The number of ether oxygens (including phenoxy) is 2. The Morgan fingerprint density at radius 1 is 1.08 bits per heavy atom. The Balaban J connectivity index is 1.15. The molecular weight excluding hydrogens is 458 g/mol. The van der Waals surface area contributed by atoms with E-state index in [9.17, 15) is 9.59 Å². The van der Waals surface area contributed by atoms with Gasteiger partial charge in [0.05, 0.1) is 26.0 Å². The summed E-state index contributed by atoms with van der Waals surface area (Å²) in [5, 5.41) is 11.5. The van der Waals surface area contributed by atoms with Gasteiger partial charge >= 0.3 is 0 Å². The molecule has 0 spiro atoms. The third kappa shape index (κ3) is 5.11. The number of hydrogen-bond acceptors (Lipinski definition) is 6. The van der Waals surface area contributed by atoms with Crippen LogP contribution in [0.3, 0.4) is 0 Å². The number of benzene rings is 2. The van der Waals surface area contributed by atoms with Crippen molar-refractivity contribution in [2.24, 2.45) is 5.92 Å².